The Morgan fingerprint density at radius 1 is 1.06 bits per heavy atom. The third kappa shape index (κ3) is 5.68. The maximum Gasteiger partial charge on any atom is 0.270 e. The van der Waals surface area contributed by atoms with Crippen molar-refractivity contribution in [2.24, 2.45) is 11.8 Å². The Morgan fingerprint density at radius 2 is 1.69 bits per heavy atom. The van der Waals surface area contributed by atoms with Crippen molar-refractivity contribution >= 4 is 14.1 Å². The first-order valence-corrected chi connectivity index (χ1v) is 8.92. The standard InChI is InChI=1S/C6H6N.2C4H9.Al/c1-6-4-2-3-5-7-6;2*1-4(2)3;/h2-5H,1H2;2*4H,1H2,2-3H3;. The minimum absolute atomic E-state index is 0.639. The van der Waals surface area contributed by atoms with E-state index in [-0.39, 0.29) is 0 Å². The van der Waals surface area contributed by atoms with Crippen molar-refractivity contribution in [3.63, 3.8) is 0 Å². The quantitative estimate of drug-likeness (QED) is 0.677. The Balaban J connectivity index is 2.56. The van der Waals surface area contributed by atoms with E-state index in [0.29, 0.717) is 0 Å². The number of hydrogen-bond acceptors (Lipinski definition) is 1. The maximum absolute atomic E-state index is 4.47. The molecule has 2 heteroatoms. The van der Waals surface area contributed by atoms with Gasteiger partial charge >= 0.3 is 0 Å². The summed E-state index contributed by atoms with van der Waals surface area (Å²) in [6.07, 6.45) is 1.92. The predicted molar refractivity (Wildman–Crippen MR) is 73.0 cm³/mol. The van der Waals surface area contributed by atoms with E-state index in [9.17, 15) is 0 Å². The third-order valence-electron chi connectivity index (χ3n) is 2.83. The van der Waals surface area contributed by atoms with Crippen LogP contribution >= 0.6 is 0 Å². The number of aromatic nitrogens is 1. The molecule has 0 atom stereocenters. The van der Waals surface area contributed by atoms with E-state index in [4.69, 9.17) is 0 Å². The maximum atomic E-state index is 4.47. The summed E-state index contributed by atoms with van der Waals surface area (Å²) in [4.78, 5) is 4.47. The topological polar surface area (TPSA) is 12.9 Å². The summed E-state index contributed by atoms with van der Waals surface area (Å²) >= 11 is -0.639. The fraction of sp³-hybridized carbons (Fsp3) is 0.643. The molecular weight excluding hydrogens is 209 g/mol. The van der Waals surface area contributed by atoms with Gasteiger partial charge in [0, 0.05) is 11.9 Å². The van der Waals surface area contributed by atoms with Gasteiger partial charge in [-0.2, -0.15) is 0 Å². The average molecular weight is 233 g/mol. The molecule has 1 heterocycles. The largest absolute Gasteiger partial charge is 0.270 e. The monoisotopic (exact) mass is 233 g/mol. The Hall–Kier alpha value is -0.318. The molecular formula is C14H24AlN. The van der Waals surface area contributed by atoms with Crippen LogP contribution in [0.5, 0.6) is 0 Å². The summed E-state index contributed by atoms with van der Waals surface area (Å²) in [5.41, 5.74) is 1.31. The summed E-state index contributed by atoms with van der Waals surface area (Å²) in [6.45, 7) is 9.38. The lowest BCUT2D eigenvalue weighted by Crippen LogP contribution is -2.21. The lowest BCUT2D eigenvalue weighted by molar-refractivity contribution is 0.686. The van der Waals surface area contributed by atoms with Crippen LogP contribution in [0, 0.1) is 11.8 Å². The van der Waals surface area contributed by atoms with Crippen molar-refractivity contribution in [3.05, 3.63) is 30.1 Å². The highest BCUT2D eigenvalue weighted by Crippen LogP contribution is 2.17. The molecule has 0 unspecified atom stereocenters. The van der Waals surface area contributed by atoms with E-state index >= 15 is 0 Å². The molecule has 1 rings (SSSR count). The van der Waals surface area contributed by atoms with Crippen LogP contribution in [0.2, 0.25) is 10.6 Å². The minimum atomic E-state index is -0.639. The van der Waals surface area contributed by atoms with Crippen molar-refractivity contribution in [2.45, 2.75) is 43.5 Å². The molecule has 1 nitrogen and oxygen atoms in total. The molecule has 0 radical (unpaired) electrons. The van der Waals surface area contributed by atoms with Crippen LogP contribution in [0.1, 0.15) is 33.4 Å². The van der Waals surface area contributed by atoms with Crippen molar-refractivity contribution in [1.29, 1.82) is 0 Å². The van der Waals surface area contributed by atoms with E-state index in [1.165, 1.54) is 21.5 Å². The molecule has 0 spiro atoms. The molecule has 0 aromatic carbocycles. The number of pyridine rings is 1. The molecule has 0 fully saturated rings. The van der Waals surface area contributed by atoms with Crippen LogP contribution in [0.15, 0.2) is 24.4 Å². The van der Waals surface area contributed by atoms with Gasteiger partial charge in [0.1, 0.15) is 0 Å². The fourth-order valence-corrected chi connectivity index (χ4v) is 6.44. The van der Waals surface area contributed by atoms with Crippen molar-refractivity contribution in [2.75, 3.05) is 0 Å². The SMILES string of the molecule is CC(C)[CH2][Al]([CH2]c1ccccn1)[CH2]C(C)C. The van der Waals surface area contributed by atoms with Crippen LogP contribution in [0.3, 0.4) is 0 Å². The summed E-state index contributed by atoms with van der Waals surface area (Å²) in [6, 6.07) is 6.30. The molecule has 0 bridgehead atoms. The molecule has 0 aliphatic carbocycles. The summed E-state index contributed by atoms with van der Waals surface area (Å²) in [5.74, 6) is 1.69. The normalized spacial score (nSPS) is 11.1. The molecule has 1 aromatic rings. The van der Waals surface area contributed by atoms with Crippen LogP contribution < -0.4 is 0 Å². The van der Waals surface area contributed by atoms with Crippen LogP contribution in [-0.2, 0) is 5.28 Å². The first-order chi connectivity index (χ1) is 7.58. The Labute approximate surface area is 105 Å². The molecule has 0 aliphatic heterocycles. The van der Waals surface area contributed by atoms with Gasteiger partial charge in [-0.1, -0.05) is 61.4 Å². The smallest absolute Gasteiger partial charge is 0.263 e. The van der Waals surface area contributed by atoms with Gasteiger partial charge in [-0.3, -0.25) is 4.98 Å². The highest BCUT2D eigenvalue weighted by Gasteiger charge is 2.20. The molecule has 0 saturated heterocycles. The van der Waals surface area contributed by atoms with Crippen molar-refractivity contribution < 1.29 is 0 Å². The lowest BCUT2D eigenvalue weighted by Gasteiger charge is -2.15. The molecule has 1 aromatic heterocycles. The Morgan fingerprint density at radius 3 is 2.12 bits per heavy atom. The van der Waals surface area contributed by atoms with Crippen LogP contribution in [0.4, 0.5) is 0 Å². The predicted octanol–water partition coefficient (Wildman–Crippen LogP) is 3.97. The van der Waals surface area contributed by atoms with Gasteiger partial charge in [0.2, 0.25) is 0 Å². The van der Waals surface area contributed by atoms with E-state index in [2.05, 4.69) is 44.8 Å². The molecule has 0 aliphatic rings. The second-order valence-electron chi connectivity index (χ2n) is 5.65. The zero-order valence-electron chi connectivity index (χ0n) is 11.1. The Bertz CT molecular complexity index is 272. The highest BCUT2D eigenvalue weighted by atomic mass is 27.2. The van der Waals surface area contributed by atoms with Gasteiger partial charge in [0.05, 0.1) is 0 Å². The third-order valence-corrected chi connectivity index (χ3v) is 7.05. The number of nitrogens with zero attached hydrogens (tertiary/aromatic N) is 1. The van der Waals surface area contributed by atoms with E-state index in [0.717, 1.165) is 11.8 Å². The first-order valence-electron chi connectivity index (χ1n) is 6.47. The fourth-order valence-electron chi connectivity index (χ4n) is 2.41. The second kappa shape index (κ2) is 7.10. The average Bonchev–Trinajstić information content (AvgIpc) is 2.16. The summed E-state index contributed by atoms with van der Waals surface area (Å²) in [5, 5.41) is 4.18. The molecule has 0 saturated carbocycles. The lowest BCUT2D eigenvalue weighted by atomic mass is 10.3. The van der Waals surface area contributed by atoms with Gasteiger partial charge in [-0.15, -0.1) is 0 Å². The van der Waals surface area contributed by atoms with Gasteiger partial charge in [-0.05, 0) is 12.1 Å². The van der Waals surface area contributed by atoms with Crippen LogP contribution in [0.25, 0.3) is 0 Å². The molecule has 0 N–H and O–H groups in total. The van der Waals surface area contributed by atoms with Gasteiger partial charge in [0.25, 0.3) is 14.1 Å². The number of hydrogen-bond donors (Lipinski definition) is 0. The van der Waals surface area contributed by atoms with E-state index in [1.807, 2.05) is 12.3 Å². The van der Waals surface area contributed by atoms with E-state index in [1.54, 1.807) is 0 Å². The summed E-state index contributed by atoms with van der Waals surface area (Å²) in [7, 11) is 0. The van der Waals surface area contributed by atoms with Crippen molar-refractivity contribution in [1.82, 2.24) is 4.98 Å². The highest BCUT2D eigenvalue weighted by molar-refractivity contribution is 6.58. The Kier molecular flexibility index (Phi) is 6.10. The minimum Gasteiger partial charge on any atom is -0.263 e. The second-order valence-corrected chi connectivity index (χ2v) is 8.73. The molecule has 88 valence electrons. The zero-order chi connectivity index (χ0) is 12.0. The first kappa shape index (κ1) is 13.7. The van der Waals surface area contributed by atoms with Crippen LogP contribution in [-0.4, -0.2) is 19.1 Å². The number of rotatable bonds is 6. The van der Waals surface area contributed by atoms with E-state index < -0.39 is 14.1 Å². The summed E-state index contributed by atoms with van der Waals surface area (Å²) < 4.78 is 0. The van der Waals surface area contributed by atoms with Gasteiger partial charge in [0.15, 0.2) is 0 Å². The van der Waals surface area contributed by atoms with Gasteiger partial charge in [-0.25, -0.2) is 0 Å². The van der Waals surface area contributed by atoms with Gasteiger partial charge < -0.3 is 0 Å². The zero-order valence-corrected chi connectivity index (χ0v) is 12.3. The molecule has 0 amide bonds. The molecule has 16 heavy (non-hydrogen) atoms. The van der Waals surface area contributed by atoms with Crippen molar-refractivity contribution in [3.8, 4) is 0 Å².